The largest absolute Gasteiger partial charge is 0.396 e. The van der Waals surface area contributed by atoms with Crippen molar-refractivity contribution in [1.82, 2.24) is 4.90 Å². The van der Waals surface area contributed by atoms with Crippen LogP contribution in [0.2, 0.25) is 0 Å². The van der Waals surface area contributed by atoms with E-state index >= 15 is 0 Å². The van der Waals surface area contributed by atoms with Gasteiger partial charge in [-0.3, -0.25) is 4.90 Å². The molecule has 9 heteroatoms. The van der Waals surface area contributed by atoms with Crippen molar-refractivity contribution < 1.29 is 39.4 Å². The van der Waals surface area contributed by atoms with E-state index in [1.807, 2.05) is 6.92 Å². The molecule has 5 saturated carbocycles. The molecule has 194 valence electrons. The minimum absolute atomic E-state index is 0.0774. The Morgan fingerprint density at radius 1 is 0.912 bits per heavy atom. The van der Waals surface area contributed by atoms with Crippen LogP contribution in [-0.2, 0) is 18.9 Å². The normalized spacial score (nSPS) is 61.7. The van der Waals surface area contributed by atoms with Crippen molar-refractivity contribution in [3.63, 3.8) is 0 Å². The van der Waals surface area contributed by atoms with Crippen LogP contribution >= 0.6 is 0 Å². The number of aliphatic hydroxyl groups is 4. The van der Waals surface area contributed by atoms with Crippen LogP contribution in [0.1, 0.15) is 32.6 Å². The Hall–Kier alpha value is -0.360. The van der Waals surface area contributed by atoms with E-state index in [0.29, 0.717) is 32.4 Å². The molecule has 6 fully saturated rings. The number of likely N-dealkylation sites (tertiary alicyclic amines) is 1. The second-order valence-corrected chi connectivity index (χ2v) is 12.0. The van der Waals surface area contributed by atoms with Crippen molar-refractivity contribution >= 4 is 0 Å². The molecule has 34 heavy (non-hydrogen) atoms. The van der Waals surface area contributed by atoms with E-state index in [4.69, 9.17) is 18.9 Å². The molecule has 0 radical (unpaired) electrons. The topological polar surface area (TPSA) is 121 Å². The third kappa shape index (κ3) is 2.08. The van der Waals surface area contributed by atoms with Crippen LogP contribution in [0, 0.1) is 28.6 Å². The van der Waals surface area contributed by atoms with Gasteiger partial charge in [-0.2, -0.15) is 0 Å². The molecule has 1 saturated heterocycles. The van der Waals surface area contributed by atoms with Gasteiger partial charge in [-0.1, -0.05) is 6.92 Å². The minimum atomic E-state index is -1.71. The number of aliphatic hydroxyl groups excluding tert-OH is 1. The fourth-order valence-corrected chi connectivity index (χ4v) is 11.0. The summed E-state index contributed by atoms with van der Waals surface area (Å²) in [4.78, 5) is 2.18. The highest BCUT2D eigenvalue weighted by molar-refractivity contribution is 5.45. The van der Waals surface area contributed by atoms with Crippen LogP contribution in [0.3, 0.4) is 0 Å². The maximum Gasteiger partial charge on any atom is 0.136 e. The second kappa shape index (κ2) is 7.14. The Bertz CT molecular complexity index is 861. The van der Waals surface area contributed by atoms with Crippen molar-refractivity contribution in [3.8, 4) is 0 Å². The van der Waals surface area contributed by atoms with Crippen molar-refractivity contribution in [2.45, 2.75) is 79.9 Å². The first kappa shape index (κ1) is 24.0. The fourth-order valence-electron chi connectivity index (χ4n) is 11.0. The van der Waals surface area contributed by atoms with Crippen molar-refractivity contribution in [1.29, 1.82) is 0 Å². The highest BCUT2D eigenvalue weighted by atomic mass is 16.5. The molecule has 6 rings (SSSR count). The van der Waals surface area contributed by atoms with Gasteiger partial charge in [-0.25, -0.2) is 0 Å². The van der Waals surface area contributed by atoms with Gasteiger partial charge in [0.05, 0.1) is 48.1 Å². The van der Waals surface area contributed by atoms with Gasteiger partial charge in [0.2, 0.25) is 0 Å². The summed E-state index contributed by atoms with van der Waals surface area (Å²) in [6.45, 7) is 3.15. The number of piperidine rings is 1. The van der Waals surface area contributed by atoms with Gasteiger partial charge in [0, 0.05) is 64.6 Å². The SMILES string of the molecule is CCN1CC2(CO)CCC(OC)C34C2C(OC)C(O)(C13)C1(O)CC(OC)C2CC4(O)C1C2OC. The summed E-state index contributed by atoms with van der Waals surface area (Å²) >= 11 is 0. The van der Waals surface area contributed by atoms with Gasteiger partial charge in [0.1, 0.15) is 11.2 Å². The molecule has 4 N–H and O–H groups in total. The standard InChI is InChI=1S/C25H41NO8/c1-6-26-11-21(12-27)8-7-15(32-3)24-18(21)19(34-5)25(30,20(24)26)23(29)10-14(31-2)13-9-22(24,28)17(23)16(13)33-4/h13-20,27-30H,6-12H2,1-5H3. The quantitative estimate of drug-likeness (QED) is 0.392. The zero-order valence-electron chi connectivity index (χ0n) is 20.9. The summed E-state index contributed by atoms with van der Waals surface area (Å²) in [5, 5.41) is 49.7. The average Bonchev–Trinajstić information content (AvgIpc) is 3.20. The van der Waals surface area contributed by atoms with E-state index in [1.54, 1.807) is 28.4 Å². The van der Waals surface area contributed by atoms with Crippen LogP contribution in [0.5, 0.6) is 0 Å². The molecule has 7 bridgehead atoms. The van der Waals surface area contributed by atoms with Crippen molar-refractivity contribution in [2.75, 3.05) is 48.1 Å². The molecule has 0 aromatic carbocycles. The molecule has 1 spiro atoms. The molecule has 13 atom stereocenters. The van der Waals surface area contributed by atoms with Gasteiger partial charge in [-0.15, -0.1) is 0 Å². The molecular formula is C25H41NO8. The summed E-state index contributed by atoms with van der Waals surface area (Å²) in [6, 6.07) is -0.594. The maximum absolute atomic E-state index is 13.1. The number of fused-ring (bicyclic) bond motifs is 2. The van der Waals surface area contributed by atoms with Gasteiger partial charge >= 0.3 is 0 Å². The number of likely N-dealkylation sites (N-methyl/N-ethyl adjacent to an activating group) is 1. The molecule has 0 aromatic heterocycles. The van der Waals surface area contributed by atoms with Gasteiger partial charge in [-0.05, 0) is 25.8 Å². The molecule has 0 aromatic rings. The molecule has 5 aliphatic carbocycles. The molecular weight excluding hydrogens is 442 g/mol. The molecule has 9 nitrogen and oxygen atoms in total. The predicted octanol–water partition coefficient (Wildman–Crippen LogP) is -0.614. The Labute approximate surface area is 201 Å². The van der Waals surface area contributed by atoms with Crippen LogP contribution in [0.15, 0.2) is 0 Å². The van der Waals surface area contributed by atoms with Crippen molar-refractivity contribution in [3.05, 3.63) is 0 Å². The second-order valence-electron chi connectivity index (χ2n) is 12.0. The third-order valence-corrected chi connectivity index (χ3v) is 11.7. The lowest BCUT2D eigenvalue weighted by atomic mass is 9.41. The fraction of sp³-hybridized carbons (Fsp3) is 1.00. The summed E-state index contributed by atoms with van der Waals surface area (Å²) in [5.74, 6) is -1.24. The minimum Gasteiger partial charge on any atom is -0.396 e. The molecule has 6 aliphatic rings. The summed E-state index contributed by atoms with van der Waals surface area (Å²) in [7, 11) is 6.48. The van der Waals surface area contributed by atoms with E-state index in [1.165, 1.54) is 0 Å². The Morgan fingerprint density at radius 2 is 1.65 bits per heavy atom. The first-order valence-electron chi connectivity index (χ1n) is 12.8. The number of methoxy groups -OCH3 is 4. The Morgan fingerprint density at radius 3 is 2.21 bits per heavy atom. The van der Waals surface area contributed by atoms with E-state index in [-0.39, 0.29) is 37.1 Å². The lowest BCUT2D eigenvalue weighted by Gasteiger charge is -2.72. The first-order chi connectivity index (χ1) is 16.2. The monoisotopic (exact) mass is 483 g/mol. The van der Waals surface area contributed by atoms with Gasteiger partial charge in [0.15, 0.2) is 0 Å². The summed E-state index contributed by atoms with van der Waals surface area (Å²) in [6.07, 6.45) is -0.0670. The highest BCUT2D eigenvalue weighted by Gasteiger charge is 2.95. The van der Waals surface area contributed by atoms with E-state index in [2.05, 4.69) is 4.90 Å². The molecule has 0 amide bonds. The summed E-state index contributed by atoms with van der Waals surface area (Å²) in [5.41, 5.74) is -6.34. The average molecular weight is 484 g/mol. The number of ether oxygens (including phenoxy) is 4. The van der Waals surface area contributed by atoms with Crippen LogP contribution < -0.4 is 0 Å². The predicted molar refractivity (Wildman–Crippen MR) is 120 cm³/mol. The zero-order chi connectivity index (χ0) is 24.5. The van der Waals surface area contributed by atoms with Crippen molar-refractivity contribution in [2.24, 2.45) is 28.6 Å². The van der Waals surface area contributed by atoms with Gasteiger partial charge in [0.25, 0.3) is 0 Å². The molecule has 1 aliphatic heterocycles. The van der Waals surface area contributed by atoms with Crippen LogP contribution in [0.25, 0.3) is 0 Å². The number of hydrogen-bond acceptors (Lipinski definition) is 9. The molecule has 13 unspecified atom stereocenters. The van der Waals surface area contributed by atoms with Crippen LogP contribution in [-0.4, -0.2) is 121 Å². The number of hydrogen-bond donors (Lipinski definition) is 4. The number of rotatable bonds is 6. The highest BCUT2D eigenvalue weighted by Crippen LogP contribution is 2.81. The number of nitrogens with zero attached hydrogens (tertiary/aromatic N) is 1. The third-order valence-electron chi connectivity index (χ3n) is 11.7. The van der Waals surface area contributed by atoms with Crippen LogP contribution in [0.4, 0.5) is 0 Å². The Balaban J connectivity index is 1.73. The summed E-state index contributed by atoms with van der Waals surface area (Å²) < 4.78 is 24.2. The maximum atomic E-state index is 13.1. The van der Waals surface area contributed by atoms with E-state index in [9.17, 15) is 20.4 Å². The Kier molecular flexibility index (Phi) is 5.04. The smallest absolute Gasteiger partial charge is 0.136 e. The zero-order valence-corrected chi connectivity index (χ0v) is 20.9. The van der Waals surface area contributed by atoms with Gasteiger partial charge < -0.3 is 39.4 Å². The first-order valence-corrected chi connectivity index (χ1v) is 12.8. The lowest BCUT2D eigenvalue weighted by molar-refractivity contribution is -0.357. The van der Waals surface area contributed by atoms with E-state index < -0.39 is 51.8 Å². The lowest BCUT2D eigenvalue weighted by Crippen LogP contribution is -2.86. The van der Waals surface area contributed by atoms with E-state index in [0.717, 1.165) is 0 Å². The molecule has 1 heterocycles.